The average molecular weight is 520 g/mol. The van der Waals surface area contributed by atoms with E-state index in [0.717, 1.165) is 18.1 Å². The summed E-state index contributed by atoms with van der Waals surface area (Å²) in [6.07, 6.45) is 7.31. The molecule has 4 rings (SSSR count). The summed E-state index contributed by atoms with van der Waals surface area (Å²) in [6, 6.07) is 6.12. The van der Waals surface area contributed by atoms with Crippen molar-refractivity contribution in [2.24, 2.45) is 5.92 Å². The van der Waals surface area contributed by atoms with E-state index in [0.29, 0.717) is 24.4 Å². The SMILES string of the molecule is COC(=O)c1ccc(NC(=O)c2c(O)c3cc(F)cc(N(C)CC4=CC=CC(C)C4)c3[nH]c2=O)c(C=O)c1. The van der Waals surface area contributed by atoms with E-state index in [1.165, 1.54) is 31.4 Å². The van der Waals surface area contributed by atoms with E-state index in [-0.39, 0.29) is 27.7 Å². The average Bonchev–Trinajstić information content (AvgIpc) is 2.88. The second-order valence-electron chi connectivity index (χ2n) is 9.14. The number of allylic oxidation sites excluding steroid dienone is 3. The fourth-order valence-electron chi connectivity index (χ4n) is 4.48. The number of H-pyrrole nitrogens is 1. The molecule has 1 aromatic heterocycles. The molecule has 10 heteroatoms. The molecule has 1 atom stereocenters. The Bertz CT molecular complexity index is 1570. The number of hydrogen-bond acceptors (Lipinski definition) is 7. The molecule has 1 amide bonds. The van der Waals surface area contributed by atoms with Crippen LogP contribution in [0.25, 0.3) is 10.9 Å². The molecule has 0 saturated heterocycles. The Balaban J connectivity index is 1.71. The van der Waals surface area contributed by atoms with Gasteiger partial charge < -0.3 is 25.0 Å². The number of carbonyl (C=O) groups is 3. The number of halogens is 1. The molecule has 196 valence electrons. The molecule has 3 N–H and O–H groups in total. The number of nitrogens with zero attached hydrogens (tertiary/aromatic N) is 1. The van der Waals surface area contributed by atoms with Crippen molar-refractivity contribution in [3.05, 3.63) is 87.0 Å². The maximum Gasteiger partial charge on any atom is 0.337 e. The van der Waals surface area contributed by atoms with Crippen molar-refractivity contribution in [3.63, 3.8) is 0 Å². The molecule has 3 aromatic rings. The predicted octanol–water partition coefficient (Wildman–Crippen LogP) is 4.18. The zero-order chi connectivity index (χ0) is 27.6. The van der Waals surface area contributed by atoms with Crippen molar-refractivity contribution in [1.82, 2.24) is 4.98 Å². The van der Waals surface area contributed by atoms with Crippen molar-refractivity contribution in [1.29, 1.82) is 0 Å². The second kappa shape index (κ2) is 10.7. The molecule has 0 bridgehead atoms. The second-order valence-corrected chi connectivity index (χ2v) is 9.14. The number of pyridine rings is 1. The highest BCUT2D eigenvalue weighted by Crippen LogP contribution is 2.33. The van der Waals surface area contributed by atoms with Gasteiger partial charge in [0.25, 0.3) is 11.5 Å². The van der Waals surface area contributed by atoms with Crippen LogP contribution < -0.4 is 15.8 Å². The van der Waals surface area contributed by atoms with Crippen LogP contribution in [-0.4, -0.2) is 49.0 Å². The van der Waals surface area contributed by atoms with Gasteiger partial charge in [0, 0.05) is 24.5 Å². The van der Waals surface area contributed by atoms with Gasteiger partial charge in [-0.15, -0.1) is 0 Å². The molecule has 1 aliphatic rings. The van der Waals surface area contributed by atoms with Crippen LogP contribution in [0.1, 0.15) is 44.4 Å². The molecule has 0 radical (unpaired) electrons. The molecule has 1 heterocycles. The minimum atomic E-state index is -1.02. The Kier molecular flexibility index (Phi) is 7.43. The molecule has 9 nitrogen and oxygen atoms in total. The number of anilines is 2. The summed E-state index contributed by atoms with van der Waals surface area (Å²) in [5.41, 5.74) is 0.107. The van der Waals surface area contributed by atoms with Crippen LogP contribution >= 0.6 is 0 Å². The van der Waals surface area contributed by atoms with Crippen LogP contribution in [0.2, 0.25) is 0 Å². The number of ether oxygens (including phenoxy) is 1. The topological polar surface area (TPSA) is 129 Å². The number of aromatic nitrogens is 1. The maximum absolute atomic E-state index is 14.7. The lowest BCUT2D eigenvalue weighted by Crippen LogP contribution is -2.26. The maximum atomic E-state index is 14.7. The number of aromatic hydroxyl groups is 1. The Morgan fingerprint density at radius 1 is 1.29 bits per heavy atom. The summed E-state index contributed by atoms with van der Waals surface area (Å²) in [5.74, 6) is -2.70. The number of benzene rings is 2. The van der Waals surface area contributed by atoms with Crippen LogP contribution in [0, 0.1) is 11.7 Å². The van der Waals surface area contributed by atoms with Gasteiger partial charge in [0.1, 0.15) is 17.1 Å². The highest BCUT2D eigenvalue weighted by molar-refractivity contribution is 6.11. The molecule has 0 fully saturated rings. The molecule has 0 aliphatic heterocycles. The van der Waals surface area contributed by atoms with Gasteiger partial charge >= 0.3 is 5.97 Å². The van der Waals surface area contributed by atoms with Crippen LogP contribution in [-0.2, 0) is 4.74 Å². The smallest absolute Gasteiger partial charge is 0.337 e. The number of aldehydes is 1. The minimum absolute atomic E-state index is 0.000231. The van der Waals surface area contributed by atoms with Crippen molar-refractivity contribution >= 4 is 40.4 Å². The van der Waals surface area contributed by atoms with Crippen LogP contribution in [0.15, 0.2) is 58.9 Å². The highest BCUT2D eigenvalue weighted by atomic mass is 19.1. The lowest BCUT2D eigenvalue weighted by molar-refractivity contribution is 0.0600. The standard InChI is InChI=1S/C28H26FN3O6/c1-15-5-4-6-16(9-15)13-32(2)22-12-19(29)11-20-24(22)31-27(36)23(25(20)34)26(35)30-21-8-7-17(28(37)38-3)10-18(21)14-33/h4-8,10-12,14-15H,9,13H2,1-3H3,(H,30,35)(H2,31,34,36). The van der Waals surface area contributed by atoms with Crippen LogP contribution in [0.4, 0.5) is 15.8 Å². The molecule has 38 heavy (non-hydrogen) atoms. The number of likely N-dealkylation sites (N-methyl/N-ethyl adjacent to an activating group) is 1. The Labute approximate surface area is 217 Å². The molecule has 0 saturated carbocycles. The quantitative estimate of drug-likeness (QED) is 0.315. The first kappa shape index (κ1) is 26.3. The first-order valence-corrected chi connectivity index (χ1v) is 11.8. The summed E-state index contributed by atoms with van der Waals surface area (Å²) in [4.78, 5) is 53.6. The molecule has 1 unspecified atom stereocenters. The van der Waals surface area contributed by atoms with Gasteiger partial charge in [-0.3, -0.25) is 14.4 Å². The normalized spacial score (nSPS) is 14.6. The molecule has 0 spiro atoms. The summed E-state index contributed by atoms with van der Waals surface area (Å²) in [5, 5.41) is 13.3. The van der Waals surface area contributed by atoms with Crippen molar-refractivity contribution < 1.29 is 28.6 Å². The Hall–Kier alpha value is -4.73. The van der Waals surface area contributed by atoms with Crippen LogP contribution in [0.3, 0.4) is 0 Å². The van der Waals surface area contributed by atoms with Gasteiger partial charge in [0.2, 0.25) is 0 Å². The summed E-state index contributed by atoms with van der Waals surface area (Å²) in [6.45, 7) is 2.56. The fourth-order valence-corrected chi connectivity index (χ4v) is 4.48. The van der Waals surface area contributed by atoms with Gasteiger partial charge in [0.05, 0.1) is 29.6 Å². The number of methoxy groups -OCH3 is 1. The zero-order valence-corrected chi connectivity index (χ0v) is 21.0. The number of hydrogen-bond donors (Lipinski definition) is 3. The Morgan fingerprint density at radius 2 is 2.05 bits per heavy atom. The predicted molar refractivity (Wildman–Crippen MR) is 142 cm³/mol. The van der Waals surface area contributed by atoms with E-state index < -0.39 is 34.6 Å². The van der Waals surface area contributed by atoms with E-state index in [1.807, 2.05) is 12.2 Å². The van der Waals surface area contributed by atoms with Gasteiger partial charge in [-0.2, -0.15) is 0 Å². The number of esters is 1. The largest absolute Gasteiger partial charge is 0.506 e. The highest BCUT2D eigenvalue weighted by Gasteiger charge is 2.23. The van der Waals surface area contributed by atoms with E-state index in [4.69, 9.17) is 0 Å². The first-order chi connectivity index (χ1) is 18.1. The number of nitrogens with one attached hydrogen (secondary N) is 2. The summed E-state index contributed by atoms with van der Waals surface area (Å²) >= 11 is 0. The third kappa shape index (κ3) is 5.19. The lowest BCUT2D eigenvalue weighted by atomic mass is 9.95. The van der Waals surface area contributed by atoms with E-state index in [9.17, 15) is 28.7 Å². The number of aromatic amines is 1. The van der Waals surface area contributed by atoms with Gasteiger partial charge in [0.15, 0.2) is 6.29 Å². The zero-order valence-electron chi connectivity index (χ0n) is 21.0. The van der Waals surface area contributed by atoms with Crippen molar-refractivity contribution in [2.75, 3.05) is 30.9 Å². The number of fused-ring (bicyclic) bond motifs is 1. The number of rotatable bonds is 7. The molecule has 1 aliphatic carbocycles. The van der Waals surface area contributed by atoms with Gasteiger partial charge in [-0.1, -0.05) is 30.7 Å². The van der Waals surface area contributed by atoms with Crippen molar-refractivity contribution in [2.45, 2.75) is 13.3 Å². The fraction of sp³-hybridized carbons (Fsp3) is 0.214. The number of carbonyl (C=O) groups excluding carboxylic acids is 3. The lowest BCUT2D eigenvalue weighted by Gasteiger charge is -2.25. The number of amides is 1. The third-order valence-corrected chi connectivity index (χ3v) is 6.32. The monoisotopic (exact) mass is 519 g/mol. The van der Waals surface area contributed by atoms with E-state index in [1.54, 1.807) is 11.9 Å². The Morgan fingerprint density at radius 3 is 2.74 bits per heavy atom. The molecular formula is C28H26FN3O6. The van der Waals surface area contributed by atoms with Crippen LogP contribution in [0.5, 0.6) is 5.75 Å². The van der Waals surface area contributed by atoms with Gasteiger partial charge in [-0.05, 0) is 42.7 Å². The first-order valence-electron chi connectivity index (χ1n) is 11.8. The van der Waals surface area contributed by atoms with Gasteiger partial charge in [-0.25, -0.2) is 9.18 Å². The van der Waals surface area contributed by atoms with E-state index in [2.05, 4.69) is 28.0 Å². The molecule has 2 aromatic carbocycles. The minimum Gasteiger partial charge on any atom is -0.506 e. The summed E-state index contributed by atoms with van der Waals surface area (Å²) < 4.78 is 19.3. The molecular weight excluding hydrogens is 493 g/mol. The van der Waals surface area contributed by atoms with Crippen molar-refractivity contribution in [3.8, 4) is 5.75 Å². The third-order valence-electron chi connectivity index (χ3n) is 6.32. The van der Waals surface area contributed by atoms with E-state index >= 15 is 0 Å². The summed E-state index contributed by atoms with van der Waals surface area (Å²) in [7, 11) is 2.93.